The van der Waals surface area contributed by atoms with E-state index in [0.29, 0.717) is 24.5 Å². The summed E-state index contributed by atoms with van der Waals surface area (Å²) in [4.78, 5) is 79.5. The Labute approximate surface area is 390 Å². The summed E-state index contributed by atoms with van der Waals surface area (Å²) in [5.41, 5.74) is -1.40. The van der Waals surface area contributed by atoms with Crippen LogP contribution >= 0.6 is 7.60 Å². The quantitative estimate of drug-likeness (QED) is 0.0590. The van der Waals surface area contributed by atoms with Crippen LogP contribution in [0.25, 0.3) is 11.4 Å². The van der Waals surface area contributed by atoms with Gasteiger partial charge in [-0.2, -0.15) is 0 Å². The van der Waals surface area contributed by atoms with Gasteiger partial charge in [0.2, 0.25) is 18.5 Å². The van der Waals surface area contributed by atoms with Crippen LogP contribution in [-0.4, -0.2) is 145 Å². The van der Waals surface area contributed by atoms with Crippen molar-refractivity contribution >= 4 is 43.3 Å². The van der Waals surface area contributed by atoms with Crippen LogP contribution in [0.15, 0.2) is 36.4 Å². The van der Waals surface area contributed by atoms with Gasteiger partial charge in [0, 0.05) is 71.2 Å². The van der Waals surface area contributed by atoms with Gasteiger partial charge >= 0.3 is 25.6 Å². The Kier molecular flexibility index (Phi) is 21.9. The van der Waals surface area contributed by atoms with E-state index >= 15 is 0 Å². The summed E-state index contributed by atoms with van der Waals surface area (Å²) in [6, 6.07) is 8.88. The predicted octanol–water partition coefficient (Wildman–Crippen LogP) is 6.99. The van der Waals surface area contributed by atoms with Gasteiger partial charge in [-0.05, 0) is 74.7 Å². The Balaban J connectivity index is 0.00000116. The average Bonchev–Trinajstić information content (AvgIpc) is 3.75. The first-order chi connectivity index (χ1) is 31.0. The summed E-state index contributed by atoms with van der Waals surface area (Å²) >= 11 is 0. The minimum absolute atomic E-state index is 0.0139. The second kappa shape index (κ2) is 26.0. The molecule has 0 aliphatic carbocycles. The number of unbranched alkanes of at least 4 members (excludes halogenated alkanes) is 2. The molecule has 1 aromatic heterocycles. The third kappa shape index (κ3) is 18.2. The van der Waals surface area contributed by atoms with Crippen LogP contribution in [0.5, 0.6) is 0 Å². The number of ether oxygens (including phenoxy) is 4. The van der Waals surface area contributed by atoms with Crippen molar-refractivity contribution in [3.8, 4) is 11.4 Å². The molecule has 20 heteroatoms. The molecule has 0 saturated carbocycles. The third-order valence-corrected chi connectivity index (χ3v) is 12.4. The summed E-state index contributed by atoms with van der Waals surface area (Å²) in [5.74, 6) is -2.23. The number of esters is 2. The molecule has 0 bridgehead atoms. The molecule has 2 unspecified atom stereocenters. The van der Waals surface area contributed by atoms with Crippen molar-refractivity contribution < 1.29 is 61.6 Å². The molecule has 4 atom stereocenters. The molecule has 66 heavy (non-hydrogen) atoms. The maximum atomic E-state index is 14.8. The minimum Gasteiger partial charge on any atom is -0.465 e. The molecule has 1 aromatic carbocycles. The van der Waals surface area contributed by atoms with Crippen LogP contribution in [-0.2, 0) is 46.9 Å². The zero-order valence-corrected chi connectivity index (χ0v) is 41.6. The van der Waals surface area contributed by atoms with Gasteiger partial charge in [-0.15, -0.1) is 0 Å². The van der Waals surface area contributed by atoms with Crippen molar-refractivity contribution in [2.45, 2.75) is 126 Å². The van der Waals surface area contributed by atoms with Crippen molar-refractivity contribution in [2.24, 2.45) is 10.8 Å². The van der Waals surface area contributed by atoms with Gasteiger partial charge in [-0.3, -0.25) is 32.8 Å². The molecule has 2 aliphatic rings. The maximum absolute atomic E-state index is 14.8. The van der Waals surface area contributed by atoms with Crippen LogP contribution in [0.2, 0.25) is 0 Å². The Morgan fingerprint density at radius 2 is 1.35 bits per heavy atom. The first-order valence-electron chi connectivity index (χ1n) is 22.8. The fourth-order valence-electron chi connectivity index (χ4n) is 6.39. The third-order valence-electron chi connectivity index (χ3n) is 10.3. The van der Waals surface area contributed by atoms with Crippen molar-refractivity contribution in [1.82, 2.24) is 25.1 Å². The van der Waals surface area contributed by atoms with Gasteiger partial charge < -0.3 is 44.1 Å². The zero-order chi connectivity index (χ0) is 49.2. The minimum atomic E-state index is -4.66. The fraction of sp³-hybridized carbons (Fsp3) is 0.674. The highest BCUT2D eigenvalue weighted by Crippen LogP contribution is 2.52. The van der Waals surface area contributed by atoms with Crippen LogP contribution < -0.4 is 10.2 Å². The van der Waals surface area contributed by atoms with Crippen molar-refractivity contribution in [3.63, 3.8) is 0 Å². The van der Waals surface area contributed by atoms with Gasteiger partial charge in [-0.25, -0.2) is 14.8 Å². The topological polar surface area (TPSA) is 226 Å². The summed E-state index contributed by atoms with van der Waals surface area (Å²) in [6.45, 7) is 19.6. The number of methoxy groups -OCH3 is 1. The van der Waals surface area contributed by atoms with Crippen LogP contribution in [0.1, 0.15) is 112 Å². The number of carboxylic acid groups (broad SMARTS) is 1. The van der Waals surface area contributed by atoms with E-state index in [4.69, 9.17) is 33.0 Å². The lowest BCUT2D eigenvalue weighted by molar-refractivity contribution is -0.177. The van der Waals surface area contributed by atoms with Crippen molar-refractivity contribution in [3.05, 3.63) is 42.1 Å². The molecule has 0 radical (unpaired) electrons. The van der Waals surface area contributed by atoms with E-state index in [1.807, 2.05) is 11.0 Å². The van der Waals surface area contributed by atoms with E-state index in [9.17, 15) is 33.6 Å². The van der Waals surface area contributed by atoms with Gasteiger partial charge in [0.1, 0.15) is 17.6 Å². The standard InChI is InChI=1S/C38H55N6O12P.C8H18O/c1-24(53-34(47)37(3,4)5)55-57(51,56-25(2)54-35(48)38(6,7)8)23-29(33(46)42-17-19-43(20-18-42)36(49)50)40-32(45)28-21-30(44-16-15-27(22-44)52-9)41-31(39-28)26-13-11-10-12-14-26;1-3-5-7-9-8-6-4-2/h10-14,21,24-25,27,29H,15-20,22-23H2,1-9H3,(H,40,45)(H,49,50);3-8H2,1-2H3/t24?,25?,27-,29-,57?;/m0./s1. The Morgan fingerprint density at radius 3 is 1.82 bits per heavy atom. The lowest BCUT2D eigenvalue weighted by atomic mass is 9.97. The lowest BCUT2D eigenvalue weighted by Crippen LogP contribution is -2.56. The number of benzene rings is 1. The van der Waals surface area contributed by atoms with Crippen molar-refractivity contribution in [1.29, 1.82) is 0 Å². The largest absolute Gasteiger partial charge is 0.465 e. The van der Waals surface area contributed by atoms with E-state index in [2.05, 4.69) is 24.1 Å². The highest BCUT2D eigenvalue weighted by atomic mass is 31.2. The van der Waals surface area contributed by atoms with E-state index < -0.39 is 73.1 Å². The van der Waals surface area contributed by atoms with E-state index in [1.165, 1.54) is 50.5 Å². The molecule has 2 aromatic rings. The molecule has 19 nitrogen and oxygen atoms in total. The molecule has 3 heterocycles. The lowest BCUT2D eigenvalue weighted by Gasteiger charge is -2.36. The van der Waals surface area contributed by atoms with Crippen LogP contribution in [0.4, 0.5) is 10.6 Å². The van der Waals surface area contributed by atoms with E-state index in [1.54, 1.807) is 72.9 Å². The second-order valence-electron chi connectivity index (χ2n) is 18.3. The number of hydrogen-bond acceptors (Lipinski definition) is 15. The molecule has 0 spiro atoms. The Bertz CT molecular complexity index is 1890. The summed E-state index contributed by atoms with van der Waals surface area (Å²) in [6.07, 6.45) is 0.671. The number of nitrogens with one attached hydrogen (secondary N) is 1. The van der Waals surface area contributed by atoms with E-state index in [-0.39, 0.29) is 43.8 Å². The maximum Gasteiger partial charge on any atom is 0.407 e. The molecule has 2 saturated heterocycles. The molecule has 2 N–H and O–H groups in total. The number of aromatic nitrogens is 2. The number of carbonyl (C=O) groups excluding carboxylic acids is 4. The summed E-state index contributed by atoms with van der Waals surface area (Å²) < 4.78 is 48.0. The van der Waals surface area contributed by atoms with Crippen LogP contribution in [0.3, 0.4) is 0 Å². The molecule has 2 fully saturated rings. The van der Waals surface area contributed by atoms with Crippen LogP contribution in [0, 0.1) is 10.8 Å². The molecular formula is C46H73N6O13P. The number of rotatable bonds is 20. The number of anilines is 1. The highest BCUT2D eigenvalue weighted by molar-refractivity contribution is 7.54. The number of carbonyl (C=O) groups is 5. The summed E-state index contributed by atoms with van der Waals surface area (Å²) in [5, 5.41) is 12.2. The molecule has 4 rings (SSSR count). The van der Waals surface area contributed by atoms with Gasteiger partial charge in [-0.1, -0.05) is 57.0 Å². The normalized spacial score (nSPS) is 17.7. The number of amides is 3. The molecule has 370 valence electrons. The number of nitrogens with zero attached hydrogens (tertiary/aromatic N) is 5. The second-order valence-corrected chi connectivity index (χ2v) is 20.3. The Morgan fingerprint density at radius 1 is 0.818 bits per heavy atom. The Hall–Kier alpha value is -4.68. The number of piperazine rings is 1. The van der Waals surface area contributed by atoms with Gasteiger partial charge in [0.05, 0.1) is 23.1 Å². The molecule has 2 aliphatic heterocycles. The zero-order valence-electron chi connectivity index (χ0n) is 40.7. The van der Waals surface area contributed by atoms with Gasteiger partial charge in [0.25, 0.3) is 5.91 Å². The first kappa shape index (κ1) is 55.6. The van der Waals surface area contributed by atoms with E-state index in [0.717, 1.165) is 24.5 Å². The smallest absolute Gasteiger partial charge is 0.407 e. The van der Waals surface area contributed by atoms with Gasteiger partial charge in [0.15, 0.2) is 5.82 Å². The highest BCUT2D eigenvalue weighted by Gasteiger charge is 2.42. The average molecular weight is 949 g/mol. The SMILES string of the molecule is CCCCOCCCC.CO[C@H]1CCN(c2cc(C(=O)N[C@@H](CP(=O)(OC(C)OC(=O)C(C)(C)C)OC(C)OC(=O)C(C)(C)C)C(=O)N3CCN(C(=O)O)CC3)nc(-c3ccccc3)n2)C1. The molecule has 3 amide bonds. The first-order valence-corrected chi connectivity index (χ1v) is 24.5. The summed E-state index contributed by atoms with van der Waals surface area (Å²) in [7, 11) is -3.03. The fourth-order valence-corrected chi connectivity index (χ4v) is 8.30. The molecular weight excluding hydrogens is 876 g/mol. The predicted molar refractivity (Wildman–Crippen MR) is 248 cm³/mol. The monoisotopic (exact) mass is 948 g/mol. The van der Waals surface area contributed by atoms with Crippen molar-refractivity contribution in [2.75, 3.05) is 70.7 Å². The number of hydrogen-bond donors (Lipinski definition) is 2.